The zero-order chi connectivity index (χ0) is 22.0. The first-order chi connectivity index (χ1) is 15.0. The summed E-state index contributed by atoms with van der Waals surface area (Å²) < 4.78 is 5.86. The minimum absolute atomic E-state index is 0. The van der Waals surface area contributed by atoms with E-state index in [-0.39, 0.29) is 50.5 Å². The van der Waals surface area contributed by atoms with Crippen molar-refractivity contribution in [3.8, 4) is 17.6 Å². The fourth-order valence-electron chi connectivity index (χ4n) is 4.03. The molecule has 1 aliphatic rings. The number of aromatic nitrogens is 1. The van der Waals surface area contributed by atoms with Gasteiger partial charge in [0.2, 0.25) is 5.91 Å². The predicted octanol–water partition coefficient (Wildman–Crippen LogP) is 4.79. The van der Waals surface area contributed by atoms with E-state index < -0.39 is 4.92 Å². The average molecular weight is 487 g/mol. The molecule has 0 radical (unpaired) electrons. The first-order valence-corrected chi connectivity index (χ1v) is 10.2. The van der Waals surface area contributed by atoms with Crippen molar-refractivity contribution in [2.45, 2.75) is 32.2 Å². The van der Waals surface area contributed by atoms with Crippen LogP contribution in [0.15, 0.2) is 48.7 Å². The van der Waals surface area contributed by atoms with E-state index in [4.69, 9.17) is 4.74 Å². The number of non-ortho nitro benzene ring substituents is 1. The molecule has 0 aliphatic carbocycles. The zero-order valence-corrected chi connectivity index (χ0v) is 20.1. The molecule has 1 saturated heterocycles. The Balaban J connectivity index is 0.00000193. The maximum atomic E-state index is 12.9. The number of nitrogens with one attached hydrogen (secondary N) is 1. The molecule has 8 nitrogen and oxygen atoms in total. The number of ether oxygens (including phenoxy) is 1. The molecule has 0 saturated carbocycles. The van der Waals surface area contributed by atoms with E-state index in [0.717, 1.165) is 29.3 Å². The molecule has 33 heavy (non-hydrogen) atoms. The van der Waals surface area contributed by atoms with Gasteiger partial charge in [-0.3, -0.25) is 14.9 Å². The number of likely N-dealkylation sites (tertiary alicyclic amines) is 1. The van der Waals surface area contributed by atoms with Crippen LogP contribution in [-0.2, 0) is 11.2 Å². The molecule has 1 aliphatic heterocycles. The Labute approximate surface area is 205 Å². The van der Waals surface area contributed by atoms with Crippen molar-refractivity contribution in [2.24, 2.45) is 5.92 Å². The van der Waals surface area contributed by atoms with Crippen molar-refractivity contribution in [3.05, 3.63) is 64.3 Å². The fraction of sp³-hybridized carbons (Fsp3) is 0.304. The van der Waals surface area contributed by atoms with Crippen molar-refractivity contribution in [1.82, 2.24) is 9.88 Å². The van der Waals surface area contributed by atoms with Crippen LogP contribution < -0.4 is 4.74 Å². The standard InChI is InChI=1S/C23H22N4O4.2H2S/c1-15(23(28)26-10-2-3-18(26)13-24)11-16-14-25-22-9-8-20(12-21(16)22)31-19-6-4-17(5-7-19)27(29)30;;/h4-9,12,14-15,18,25H,2-3,10-11H2,1H3;2*1H2/t15-,18-;;/m0../s1. The Bertz CT molecular complexity index is 1170. The molecule has 4 rings (SSSR count). The number of rotatable bonds is 6. The highest BCUT2D eigenvalue weighted by Crippen LogP contribution is 2.30. The van der Waals surface area contributed by atoms with Crippen LogP contribution in [0.2, 0.25) is 0 Å². The van der Waals surface area contributed by atoms with Crippen LogP contribution >= 0.6 is 27.0 Å². The summed E-state index contributed by atoms with van der Waals surface area (Å²) >= 11 is 0. The smallest absolute Gasteiger partial charge is 0.269 e. The van der Waals surface area contributed by atoms with Crippen LogP contribution in [0.5, 0.6) is 11.5 Å². The number of nitrogens with zero attached hydrogens (tertiary/aromatic N) is 3. The Morgan fingerprint density at radius 1 is 1.27 bits per heavy atom. The number of benzene rings is 2. The molecule has 1 fully saturated rings. The van der Waals surface area contributed by atoms with E-state index in [0.29, 0.717) is 24.5 Å². The number of aromatic amines is 1. The Morgan fingerprint density at radius 2 is 1.97 bits per heavy atom. The third kappa shape index (κ3) is 5.61. The van der Waals surface area contributed by atoms with Gasteiger partial charge in [0, 0.05) is 41.7 Å². The van der Waals surface area contributed by atoms with Crippen LogP contribution in [0, 0.1) is 27.4 Å². The largest absolute Gasteiger partial charge is 0.457 e. The summed E-state index contributed by atoms with van der Waals surface area (Å²) in [6.45, 7) is 2.54. The monoisotopic (exact) mass is 486 g/mol. The van der Waals surface area contributed by atoms with Gasteiger partial charge >= 0.3 is 0 Å². The second kappa shape index (κ2) is 11.1. The van der Waals surface area contributed by atoms with Crippen molar-refractivity contribution in [2.75, 3.05) is 6.54 Å². The molecule has 0 spiro atoms. The molecule has 2 atom stereocenters. The van der Waals surface area contributed by atoms with Crippen molar-refractivity contribution in [1.29, 1.82) is 5.26 Å². The molecule has 1 aromatic heterocycles. The topological polar surface area (TPSA) is 112 Å². The minimum Gasteiger partial charge on any atom is -0.457 e. The number of hydrogen-bond donors (Lipinski definition) is 1. The molecular weight excluding hydrogens is 460 g/mol. The third-order valence-electron chi connectivity index (χ3n) is 5.65. The first-order valence-electron chi connectivity index (χ1n) is 10.2. The summed E-state index contributed by atoms with van der Waals surface area (Å²) in [6.07, 6.45) is 4.06. The summed E-state index contributed by atoms with van der Waals surface area (Å²) in [5, 5.41) is 21.0. The van der Waals surface area contributed by atoms with Crippen LogP contribution in [0.1, 0.15) is 25.3 Å². The molecule has 1 amide bonds. The van der Waals surface area contributed by atoms with Crippen LogP contribution in [0.4, 0.5) is 5.69 Å². The van der Waals surface area contributed by atoms with Gasteiger partial charge in [-0.1, -0.05) is 6.92 Å². The van der Waals surface area contributed by atoms with E-state index >= 15 is 0 Å². The lowest BCUT2D eigenvalue weighted by atomic mass is 9.99. The molecule has 0 unspecified atom stereocenters. The molecule has 3 aromatic rings. The normalized spacial score (nSPS) is 15.8. The van der Waals surface area contributed by atoms with E-state index in [1.807, 2.05) is 31.3 Å². The van der Waals surface area contributed by atoms with Crippen molar-refractivity contribution >= 4 is 49.5 Å². The van der Waals surface area contributed by atoms with Gasteiger partial charge in [-0.05, 0) is 55.2 Å². The lowest BCUT2D eigenvalue weighted by molar-refractivity contribution is -0.384. The molecule has 10 heteroatoms. The SMILES string of the molecule is C[C@@H](Cc1c[nH]c2ccc(Oc3ccc([N+](=O)[O-])cc3)cc12)C(=O)N1CCC[C@H]1C#N.S.S. The second-order valence-electron chi connectivity index (χ2n) is 7.80. The van der Waals surface area contributed by atoms with Gasteiger partial charge in [-0.15, -0.1) is 0 Å². The van der Waals surface area contributed by atoms with Crippen molar-refractivity contribution < 1.29 is 14.5 Å². The highest BCUT2D eigenvalue weighted by atomic mass is 32.1. The third-order valence-corrected chi connectivity index (χ3v) is 5.65. The summed E-state index contributed by atoms with van der Waals surface area (Å²) in [6, 6.07) is 13.4. The summed E-state index contributed by atoms with van der Waals surface area (Å²) in [4.78, 5) is 28.1. The maximum Gasteiger partial charge on any atom is 0.269 e. The molecule has 0 bridgehead atoms. The highest BCUT2D eigenvalue weighted by Gasteiger charge is 2.31. The number of carbonyl (C=O) groups excluding carboxylic acids is 1. The lowest BCUT2D eigenvalue weighted by Crippen LogP contribution is -2.38. The number of nitro groups is 1. The molecular formula is C23H26N4O4S2. The summed E-state index contributed by atoms with van der Waals surface area (Å²) in [5.41, 5.74) is 1.94. The fourth-order valence-corrected chi connectivity index (χ4v) is 4.03. The van der Waals surface area contributed by atoms with Gasteiger partial charge in [0.15, 0.2) is 0 Å². The maximum absolute atomic E-state index is 12.9. The molecule has 2 heterocycles. The Hall–Kier alpha value is -3.16. The van der Waals surface area contributed by atoms with Crippen LogP contribution in [0.3, 0.4) is 0 Å². The molecule has 2 aromatic carbocycles. The van der Waals surface area contributed by atoms with Crippen LogP contribution in [0.25, 0.3) is 10.9 Å². The first kappa shape index (κ1) is 26.1. The minimum atomic E-state index is -0.453. The predicted molar refractivity (Wildman–Crippen MR) is 135 cm³/mol. The quantitative estimate of drug-likeness (QED) is 0.398. The second-order valence-corrected chi connectivity index (χ2v) is 7.80. The zero-order valence-electron chi connectivity index (χ0n) is 18.1. The number of H-pyrrole nitrogens is 1. The average Bonchev–Trinajstić information content (AvgIpc) is 3.40. The number of nitro benzene ring substituents is 1. The van der Waals surface area contributed by atoms with Gasteiger partial charge in [0.05, 0.1) is 11.0 Å². The number of fused-ring (bicyclic) bond motifs is 1. The van der Waals surface area contributed by atoms with Crippen LogP contribution in [-0.4, -0.2) is 33.3 Å². The molecule has 1 N–H and O–H groups in total. The number of nitriles is 1. The number of amides is 1. The summed E-state index contributed by atoms with van der Waals surface area (Å²) in [5.74, 6) is 0.872. The number of hydrogen-bond acceptors (Lipinski definition) is 5. The van der Waals surface area contributed by atoms with Gasteiger partial charge in [-0.25, -0.2) is 0 Å². The van der Waals surface area contributed by atoms with Gasteiger partial charge < -0.3 is 14.6 Å². The summed E-state index contributed by atoms with van der Waals surface area (Å²) in [7, 11) is 0. The van der Waals surface area contributed by atoms with E-state index in [2.05, 4.69) is 11.1 Å². The van der Waals surface area contributed by atoms with Gasteiger partial charge in [0.1, 0.15) is 17.5 Å². The van der Waals surface area contributed by atoms with Gasteiger partial charge in [-0.2, -0.15) is 32.3 Å². The Morgan fingerprint density at radius 3 is 2.64 bits per heavy atom. The van der Waals surface area contributed by atoms with Crippen molar-refractivity contribution in [3.63, 3.8) is 0 Å². The highest BCUT2D eigenvalue weighted by molar-refractivity contribution is 7.59. The molecule has 174 valence electrons. The van der Waals surface area contributed by atoms with Gasteiger partial charge in [0.25, 0.3) is 5.69 Å². The lowest BCUT2D eigenvalue weighted by Gasteiger charge is -2.23. The van der Waals surface area contributed by atoms with E-state index in [1.165, 1.54) is 12.1 Å². The van der Waals surface area contributed by atoms with E-state index in [1.54, 1.807) is 17.0 Å². The van der Waals surface area contributed by atoms with E-state index in [9.17, 15) is 20.2 Å². The Kier molecular flexibility index (Phi) is 8.79. The number of carbonyl (C=O) groups is 1.